The Morgan fingerprint density at radius 2 is 2.11 bits per heavy atom. The Morgan fingerprint density at radius 1 is 1.33 bits per heavy atom. The van der Waals surface area contributed by atoms with Gasteiger partial charge in [0, 0.05) is 18.1 Å². The zero-order valence-corrected chi connectivity index (χ0v) is 11.2. The van der Waals surface area contributed by atoms with E-state index in [4.69, 9.17) is 0 Å². The zero-order chi connectivity index (χ0) is 13.1. The van der Waals surface area contributed by atoms with E-state index in [-0.39, 0.29) is 11.5 Å². The van der Waals surface area contributed by atoms with E-state index in [1.807, 2.05) is 5.38 Å². The molecule has 2 rings (SSSR count). The largest absolute Gasteiger partial charge is 0.507 e. The summed E-state index contributed by atoms with van der Waals surface area (Å²) in [7, 11) is 0. The fraction of sp³-hybridized carbons (Fsp3) is 0.308. The van der Waals surface area contributed by atoms with Gasteiger partial charge < -0.3 is 15.5 Å². The molecule has 0 unspecified atom stereocenters. The van der Waals surface area contributed by atoms with E-state index >= 15 is 0 Å². The molecule has 1 heterocycles. The van der Waals surface area contributed by atoms with Crippen LogP contribution in [-0.4, -0.2) is 21.7 Å². The highest BCUT2D eigenvalue weighted by Crippen LogP contribution is 2.42. The third kappa shape index (κ3) is 2.56. The van der Waals surface area contributed by atoms with E-state index in [0.29, 0.717) is 22.2 Å². The normalized spacial score (nSPS) is 10.8. The quantitative estimate of drug-likeness (QED) is 0.585. The summed E-state index contributed by atoms with van der Waals surface area (Å²) in [6.07, 6.45) is 1.65. The molecule has 1 aromatic carbocycles. The van der Waals surface area contributed by atoms with Crippen molar-refractivity contribution >= 4 is 17.0 Å². The number of thiazole rings is 1. The summed E-state index contributed by atoms with van der Waals surface area (Å²) in [6.45, 7) is 4.94. The molecule has 4 nitrogen and oxygen atoms in total. The number of phenols is 2. The molecule has 3 N–H and O–H groups in total. The van der Waals surface area contributed by atoms with Crippen LogP contribution in [0.25, 0.3) is 10.6 Å². The van der Waals surface area contributed by atoms with E-state index in [1.54, 1.807) is 18.3 Å². The number of phenolic OH excluding ortho intramolecular Hbond substituents is 2. The molecule has 0 bridgehead atoms. The fourth-order valence-corrected chi connectivity index (χ4v) is 2.29. The monoisotopic (exact) mass is 264 g/mol. The SMILES string of the molecule is CC(C)CNc1ccc(O)c(-c2nccs2)c1O. The highest BCUT2D eigenvalue weighted by Gasteiger charge is 2.16. The number of benzene rings is 1. The maximum atomic E-state index is 10.2. The molecule has 0 fully saturated rings. The molecule has 2 aromatic rings. The van der Waals surface area contributed by atoms with Gasteiger partial charge in [-0.2, -0.15) is 0 Å². The molecule has 0 aliphatic rings. The van der Waals surface area contributed by atoms with Crippen LogP contribution in [-0.2, 0) is 0 Å². The summed E-state index contributed by atoms with van der Waals surface area (Å²) >= 11 is 1.38. The van der Waals surface area contributed by atoms with Crippen LogP contribution in [0.5, 0.6) is 11.5 Å². The minimum Gasteiger partial charge on any atom is -0.507 e. The Bertz CT molecular complexity index is 524. The molecule has 0 atom stereocenters. The second-order valence-electron chi connectivity index (χ2n) is 4.47. The van der Waals surface area contributed by atoms with Crippen LogP contribution in [0, 0.1) is 5.92 Å². The first-order valence-corrected chi connectivity index (χ1v) is 6.66. The summed E-state index contributed by atoms with van der Waals surface area (Å²) in [5, 5.41) is 25.6. The van der Waals surface area contributed by atoms with Crippen LogP contribution in [0.4, 0.5) is 5.69 Å². The average Bonchev–Trinajstić information content (AvgIpc) is 2.81. The number of hydrogen-bond donors (Lipinski definition) is 3. The first kappa shape index (κ1) is 12.7. The Kier molecular flexibility index (Phi) is 3.72. The number of anilines is 1. The first-order chi connectivity index (χ1) is 8.59. The van der Waals surface area contributed by atoms with Gasteiger partial charge in [-0.25, -0.2) is 4.98 Å². The fourth-order valence-electron chi connectivity index (χ4n) is 1.59. The molecule has 0 saturated heterocycles. The van der Waals surface area contributed by atoms with Crippen molar-refractivity contribution in [3.63, 3.8) is 0 Å². The predicted octanol–water partition coefficient (Wildman–Crippen LogP) is 3.29. The standard InChI is InChI=1S/C13H16N2O2S/c1-8(2)7-15-9-3-4-10(16)11(12(9)17)13-14-5-6-18-13/h3-6,8,15-17H,7H2,1-2H3. The number of hydrogen-bond acceptors (Lipinski definition) is 5. The molecule has 1 aromatic heterocycles. The van der Waals surface area contributed by atoms with Gasteiger partial charge in [-0.05, 0) is 18.1 Å². The van der Waals surface area contributed by atoms with Crippen LogP contribution < -0.4 is 5.32 Å². The summed E-state index contributed by atoms with van der Waals surface area (Å²) in [5.41, 5.74) is 1.01. The summed E-state index contributed by atoms with van der Waals surface area (Å²) < 4.78 is 0. The minimum atomic E-state index is 0.0394. The van der Waals surface area contributed by atoms with Crippen LogP contribution in [0.2, 0.25) is 0 Å². The van der Waals surface area contributed by atoms with Gasteiger partial charge in [0.25, 0.3) is 0 Å². The van der Waals surface area contributed by atoms with Crippen molar-refractivity contribution in [2.24, 2.45) is 5.92 Å². The smallest absolute Gasteiger partial charge is 0.152 e. The van der Waals surface area contributed by atoms with Crippen LogP contribution >= 0.6 is 11.3 Å². The van der Waals surface area contributed by atoms with E-state index in [9.17, 15) is 10.2 Å². The topological polar surface area (TPSA) is 65.4 Å². The molecule has 0 aliphatic heterocycles. The van der Waals surface area contributed by atoms with Crippen molar-refractivity contribution in [2.75, 3.05) is 11.9 Å². The number of aromatic hydroxyl groups is 2. The van der Waals surface area contributed by atoms with Crippen LogP contribution in [0.3, 0.4) is 0 Å². The summed E-state index contributed by atoms with van der Waals surface area (Å²) in [4.78, 5) is 4.12. The highest BCUT2D eigenvalue weighted by atomic mass is 32.1. The lowest BCUT2D eigenvalue weighted by Gasteiger charge is -2.13. The van der Waals surface area contributed by atoms with Gasteiger partial charge in [0.1, 0.15) is 10.8 Å². The molecular weight excluding hydrogens is 248 g/mol. The minimum absolute atomic E-state index is 0.0394. The second kappa shape index (κ2) is 5.27. The Morgan fingerprint density at radius 3 is 2.72 bits per heavy atom. The van der Waals surface area contributed by atoms with Gasteiger partial charge in [-0.15, -0.1) is 11.3 Å². The van der Waals surface area contributed by atoms with Gasteiger partial charge in [0.15, 0.2) is 5.75 Å². The van der Waals surface area contributed by atoms with Gasteiger partial charge in [-0.3, -0.25) is 0 Å². The molecule has 0 spiro atoms. The van der Waals surface area contributed by atoms with Gasteiger partial charge in [0.2, 0.25) is 0 Å². The van der Waals surface area contributed by atoms with Crippen molar-refractivity contribution in [1.82, 2.24) is 4.98 Å². The second-order valence-corrected chi connectivity index (χ2v) is 5.36. The molecule has 0 radical (unpaired) electrons. The van der Waals surface area contributed by atoms with Crippen molar-refractivity contribution in [1.29, 1.82) is 0 Å². The molecule has 5 heteroatoms. The molecular formula is C13H16N2O2S. The summed E-state index contributed by atoms with van der Waals surface area (Å²) in [6, 6.07) is 3.24. The van der Waals surface area contributed by atoms with Crippen LogP contribution in [0.1, 0.15) is 13.8 Å². The molecule has 96 valence electrons. The number of rotatable bonds is 4. The van der Waals surface area contributed by atoms with Crippen molar-refractivity contribution in [2.45, 2.75) is 13.8 Å². The third-order valence-corrected chi connectivity index (χ3v) is 3.29. The van der Waals surface area contributed by atoms with Crippen molar-refractivity contribution < 1.29 is 10.2 Å². The maximum absolute atomic E-state index is 10.2. The Labute approximate surface area is 110 Å². The number of aromatic nitrogens is 1. The van der Waals surface area contributed by atoms with E-state index in [2.05, 4.69) is 24.1 Å². The lowest BCUT2D eigenvalue weighted by atomic mass is 10.1. The Hall–Kier alpha value is -1.75. The third-order valence-electron chi connectivity index (χ3n) is 2.50. The van der Waals surface area contributed by atoms with Crippen molar-refractivity contribution in [3.05, 3.63) is 23.7 Å². The van der Waals surface area contributed by atoms with Gasteiger partial charge >= 0.3 is 0 Å². The lowest BCUT2D eigenvalue weighted by molar-refractivity contribution is 0.455. The maximum Gasteiger partial charge on any atom is 0.152 e. The van der Waals surface area contributed by atoms with Gasteiger partial charge in [0.05, 0.1) is 11.3 Å². The predicted molar refractivity (Wildman–Crippen MR) is 74.2 cm³/mol. The van der Waals surface area contributed by atoms with E-state index < -0.39 is 0 Å². The van der Waals surface area contributed by atoms with Crippen molar-refractivity contribution in [3.8, 4) is 22.1 Å². The zero-order valence-electron chi connectivity index (χ0n) is 10.3. The van der Waals surface area contributed by atoms with E-state index in [0.717, 1.165) is 6.54 Å². The molecule has 0 saturated carbocycles. The number of nitrogens with zero attached hydrogens (tertiary/aromatic N) is 1. The summed E-state index contributed by atoms with van der Waals surface area (Å²) in [5.74, 6) is 0.560. The first-order valence-electron chi connectivity index (χ1n) is 5.78. The highest BCUT2D eigenvalue weighted by molar-refractivity contribution is 7.13. The van der Waals surface area contributed by atoms with Crippen LogP contribution in [0.15, 0.2) is 23.7 Å². The molecule has 0 amide bonds. The van der Waals surface area contributed by atoms with Gasteiger partial charge in [-0.1, -0.05) is 13.8 Å². The molecule has 0 aliphatic carbocycles. The van der Waals surface area contributed by atoms with E-state index in [1.165, 1.54) is 11.3 Å². The number of nitrogens with one attached hydrogen (secondary N) is 1. The molecule has 18 heavy (non-hydrogen) atoms. The average molecular weight is 264 g/mol. The lowest BCUT2D eigenvalue weighted by Crippen LogP contribution is -2.08. The Balaban J connectivity index is 2.37.